The lowest BCUT2D eigenvalue weighted by Crippen LogP contribution is -2.03. The molecule has 3 aromatic rings. The molecule has 3 heterocycles. The largest absolute Gasteiger partial charge is 0.433 e. The number of nitrogens with zero attached hydrogens (tertiary/aromatic N) is 3. The van der Waals surface area contributed by atoms with Gasteiger partial charge in [-0.1, -0.05) is 0 Å². The summed E-state index contributed by atoms with van der Waals surface area (Å²) in [5, 5.41) is 2.76. The van der Waals surface area contributed by atoms with E-state index in [1.54, 1.807) is 6.20 Å². The van der Waals surface area contributed by atoms with E-state index in [2.05, 4.69) is 15.0 Å². The molecule has 0 fully saturated rings. The van der Waals surface area contributed by atoms with Gasteiger partial charge in [0.1, 0.15) is 10.7 Å². The van der Waals surface area contributed by atoms with E-state index in [1.807, 2.05) is 24.4 Å². The van der Waals surface area contributed by atoms with Crippen LogP contribution in [0, 0.1) is 0 Å². The Kier molecular flexibility index (Phi) is 2.38. The number of aromatic nitrogens is 3. The van der Waals surface area contributed by atoms with Gasteiger partial charge >= 0.3 is 0 Å². The molecule has 1 atom stereocenters. The fourth-order valence-corrected chi connectivity index (χ4v) is 2.23. The van der Waals surface area contributed by atoms with Crippen LogP contribution >= 0.6 is 11.3 Å². The molecule has 0 saturated heterocycles. The summed E-state index contributed by atoms with van der Waals surface area (Å²) in [6.07, 6.45) is 1.68. The van der Waals surface area contributed by atoms with Gasteiger partial charge in [0.25, 0.3) is 0 Å². The van der Waals surface area contributed by atoms with Crippen molar-refractivity contribution in [3.8, 4) is 11.6 Å². The Labute approximate surface area is 101 Å². The van der Waals surface area contributed by atoms with Gasteiger partial charge < -0.3 is 10.2 Å². The first-order valence-electron chi connectivity index (χ1n) is 5.17. The maximum atomic E-state index is 5.76. The van der Waals surface area contributed by atoms with Gasteiger partial charge in [0.05, 0.1) is 6.04 Å². The van der Waals surface area contributed by atoms with E-state index >= 15 is 0 Å². The van der Waals surface area contributed by atoms with Gasteiger partial charge in [0.2, 0.25) is 5.89 Å². The molecule has 2 N–H and O–H groups in total. The van der Waals surface area contributed by atoms with Crippen molar-refractivity contribution in [2.45, 2.75) is 13.0 Å². The molecule has 86 valence electrons. The zero-order valence-electron chi connectivity index (χ0n) is 9.12. The number of thiazole rings is 1. The molecule has 0 radical (unpaired) electrons. The number of oxazole rings is 1. The topological polar surface area (TPSA) is 77.8 Å². The minimum atomic E-state index is -0.0729. The predicted octanol–water partition coefficient (Wildman–Crippen LogP) is 2.37. The second kappa shape index (κ2) is 3.90. The molecule has 0 bridgehead atoms. The molecule has 0 aliphatic carbocycles. The van der Waals surface area contributed by atoms with Crippen LogP contribution < -0.4 is 5.73 Å². The number of hydrogen-bond donors (Lipinski definition) is 1. The van der Waals surface area contributed by atoms with Crippen LogP contribution in [0.5, 0.6) is 0 Å². The van der Waals surface area contributed by atoms with Crippen LogP contribution in [0.4, 0.5) is 0 Å². The third-order valence-electron chi connectivity index (χ3n) is 2.30. The quantitative estimate of drug-likeness (QED) is 0.751. The van der Waals surface area contributed by atoms with Gasteiger partial charge in [-0.25, -0.2) is 9.97 Å². The third-order valence-corrected chi connectivity index (χ3v) is 3.34. The molecule has 0 amide bonds. The van der Waals surface area contributed by atoms with E-state index in [0.717, 1.165) is 5.01 Å². The van der Waals surface area contributed by atoms with Crippen molar-refractivity contribution in [3.63, 3.8) is 0 Å². The summed E-state index contributed by atoms with van der Waals surface area (Å²) in [6, 6.07) is 3.57. The van der Waals surface area contributed by atoms with Gasteiger partial charge in [-0.3, -0.25) is 0 Å². The lowest BCUT2D eigenvalue weighted by Gasteiger charge is -1.95. The number of fused-ring (bicyclic) bond motifs is 1. The molecule has 3 rings (SSSR count). The normalized spacial score (nSPS) is 13.1. The Bertz CT molecular complexity index is 625. The van der Waals surface area contributed by atoms with Crippen LogP contribution in [0.1, 0.15) is 18.0 Å². The lowest BCUT2D eigenvalue weighted by molar-refractivity contribution is 0.616. The molecular weight excluding hydrogens is 236 g/mol. The van der Waals surface area contributed by atoms with Crippen molar-refractivity contribution < 1.29 is 4.42 Å². The highest BCUT2D eigenvalue weighted by atomic mass is 32.1. The molecule has 5 nitrogen and oxygen atoms in total. The number of pyridine rings is 1. The minimum Gasteiger partial charge on any atom is -0.433 e. The maximum Gasteiger partial charge on any atom is 0.248 e. The van der Waals surface area contributed by atoms with Crippen LogP contribution in [0.25, 0.3) is 22.8 Å². The van der Waals surface area contributed by atoms with Crippen LogP contribution in [0.15, 0.2) is 28.1 Å². The number of nitrogens with two attached hydrogens (primary N) is 1. The average molecular weight is 246 g/mol. The van der Waals surface area contributed by atoms with E-state index < -0.39 is 0 Å². The Morgan fingerprint density at radius 2 is 2.29 bits per heavy atom. The van der Waals surface area contributed by atoms with E-state index in [9.17, 15) is 0 Å². The molecule has 1 unspecified atom stereocenters. The van der Waals surface area contributed by atoms with E-state index in [1.165, 1.54) is 11.3 Å². The van der Waals surface area contributed by atoms with Crippen molar-refractivity contribution >= 4 is 22.6 Å². The molecule has 6 heteroatoms. The van der Waals surface area contributed by atoms with Crippen molar-refractivity contribution in [1.29, 1.82) is 0 Å². The molecular formula is C11H10N4OS. The molecule has 0 spiro atoms. The average Bonchev–Trinajstić information content (AvgIpc) is 2.95. The van der Waals surface area contributed by atoms with Gasteiger partial charge in [0.15, 0.2) is 11.2 Å². The summed E-state index contributed by atoms with van der Waals surface area (Å²) >= 11 is 1.51. The summed E-state index contributed by atoms with van der Waals surface area (Å²) in [5.41, 5.74) is 7.73. The van der Waals surface area contributed by atoms with Crippen molar-refractivity contribution in [1.82, 2.24) is 15.0 Å². The Balaban J connectivity index is 2.07. The SMILES string of the molecule is CC(N)c1nc(-c2nc3ncccc3o2)cs1. The van der Waals surface area contributed by atoms with E-state index in [4.69, 9.17) is 10.2 Å². The maximum absolute atomic E-state index is 5.76. The second-order valence-electron chi connectivity index (χ2n) is 3.70. The Morgan fingerprint density at radius 3 is 3.00 bits per heavy atom. The number of hydrogen-bond acceptors (Lipinski definition) is 6. The van der Waals surface area contributed by atoms with Gasteiger partial charge in [-0.2, -0.15) is 4.98 Å². The van der Waals surface area contributed by atoms with Crippen molar-refractivity contribution in [2.75, 3.05) is 0 Å². The lowest BCUT2D eigenvalue weighted by atomic mass is 10.4. The highest BCUT2D eigenvalue weighted by molar-refractivity contribution is 7.10. The summed E-state index contributed by atoms with van der Waals surface area (Å²) < 4.78 is 5.58. The molecule has 17 heavy (non-hydrogen) atoms. The second-order valence-corrected chi connectivity index (χ2v) is 4.59. The monoisotopic (exact) mass is 246 g/mol. The van der Waals surface area contributed by atoms with Gasteiger partial charge in [-0.05, 0) is 19.1 Å². The Morgan fingerprint density at radius 1 is 1.41 bits per heavy atom. The van der Waals surface area contributed by atoms with Crippen LogP contribution in [-0.2, 0) is 0 Å². The Hall–Kier alpha value is -1.79. The first-order valence-corrected chi connectivity index (χ1v) is 6.05. The first kappa shape index (κ1) is 10.4. The highest BCUT2D eigenvalue weighted by Gasteiger charge is 2.13. The fourth-order valence-electron chi connectivity index (χ4n) is 1.47. The fraction of sp³-hybridized carbons (Fsp3) is 0.182. The van der Waals surface area contributed by atoms with Crippen molar-refractivity contribution in [3.05, 3.63) is 28.7 Å². The van der Waals surface area contributed by atoms with Crippen LogP contribution in [0.2, 0.25) is 0 Å². The number of rotatable bonds is 2. The van der Waals surface area contributed by atoms with Crippen molar-refractivity contribution in [2.24, 2.45) is 5.73 Å². The molecule has 0 aliphatic heterocycles. The zero-order chi connectivity index (χ0) is 11.8. The summed E-state index contributed by atoms with van der Waals surface area (Å²) in [7, 11) is 0. The molecule has 0 aromatic carbocycles. The van der Waals surface area contributed by atoms with Crippen LogP contribution in [-0.4, -0.2) is 15.0 Å². The first-order chi connectivity index (χ1) is 8.24. The van der Waals surface area contributed by atoms with Crippen LogP contribution in [0.3, 0.4) is 0 Å². The predicted molar refractivity (Wildman–Crippen MR) is 65.5 cm³/mol. The summed E-state index contributed by atoms with van der Waals surface area (Å²) in [6.45, 7) is 1.90. The highest BCUT2D eigenvalue weighted by Crippen LogP contribution is 2.26. The smallest absolute Gasteiger partial charge is 0.248 e. The molecule has 0 aliphatic rings. The third kappa shape index (κ3) is 1.81. The van der Waals surface area contributed by atoms with E-state index in [-0.39, 0.29) is 6.04 Å². The summed E-state index contributed by atoms with van der Waals surface area (Å²) in [4.78, 5) is 12.8. The standard InChI is InChI=1S/C11H10N4OS/c1-6(12)11-14-7(5-17-11)10-15-9-8(16-10)3-2-4-13-9/h2-6H,12H2,1H3. The van der Waals surface area contributed by atoms with Gasteiger partial charge in [-0.15, -0.1) is 11.3 Å². The molecule has 3 aromatic heterocycles. The summed E-state index contributed by atoms with van der Waals surface area (Å²) in [5.74, 6) is 0.488. The van der Waals surface area contributed by atoms with Gasteiger partial charge in [0, 0.05) is 11.6 Å². The minimum absolute atomic E-state index is 0.0729. The van der Waals surface area contributed by atoms with E-state index in [0.29, 0.717) is 22.8 Å². The molecule has 0 saturated carbocycles. The zero-order valence-corrected chi connectivity index (χ0v) is 9.94.